The van der Waals surface area contributed by atoms with Crippen LogP contribution < -0.4 is 21.5 Å². The maximum absolute atomic E-state index is 11.9. The largest absolute Gasteiger partial charge is 0.379 e. The highest BCUT2D eigenvalue weighted by Crippen LogP contribution is 2.16. The Morgan fingerprint density at radius 2 is 1.97 bits per heavy atom. The average molecular weight is 493 g/mol. The molecule has 2 rings (SSSR count). The molecule has 192 valence electrons. The number of amides is 1. The number of nitrogens with zero attached hydrogens (tertiary/aromatic N) is 2. The molecule has 36 heavy (non-hydrogen) atoms. The molecular formula is C27H36N6O3. The van der Waals surface area contributed by atoms with Crippen molar-refractivity contribution < 1.29 is 9.59 Å². The summed E-state index contributed by atoms with van der Waals surface area (Å²) in [6, 6.07) is 7.05. The van der Waals surface area contributed by atoms with Crippen LogP contribution in [0.4, 0.5) is 11.5 Å². The van der Waals surface area contributed by atoms with Crippen LogP contribution in [0, 0.1) is 13.8 Å². The first-order valence-electron chi connectivity index (χ1n) is 12.1. The molecule has 0 saturated carbocycles. The Bertz CT molecular complexity index is 1150. The highest BCUT2D eigenvalue weighted by Gasteiger charge is 2.12. The molecule has 1 heterocycles. The summed E-state index contributed by atoms with van der Waals surface area (Å²) < 4.78 is 0. The van der Waals surface area contributed by atoms with E-state index in [1.165, 1.54) is 0 Å². The Labute approximate surface area is 212 Å². The summed E-state index contributed by atoms with van der Waals surface area (Å²) in [6.45, 7) is 14.3. The van der Waals surface area contributed by atoms with Gasteiger partial charge in [-0.3, -0.25) is 9.59 Å². The van der Waals surface area contributed by atoms with Gasteiger partial charge in [-0.25, -0.2) is 9.98 Å². The Morgan fingerprint density at radius 1 is 1.25 bits per heavy atom. The number of aryl methyl sites for hydroxylation is 1. The zero-order valence-corrected chi connectivity index (χ0v) is 21.3. The summed E-state index contributed by atoms with van der Waals surface area (Å²) in [6.07, 6.45) is 5.04. The van der Waals surface area contributed by atoms with E-state index in [0.29, 0.717) is 48.1 Å². The molecule has 9 nitrogen and oxygen atoms in total. The first-order valence-corrected chi connectivity index (χ1v) is 12.1. The first-order chi connectivity index (χ1) is 17.3. The number of hydrogen-bond donors (Lipinski definition) is 4. The normalized spacial score (nSPS) is 11.9. The van der Waals surface area contributed by atoms with Gasteiger partial charge in [0.05, 0.1) is 23.9 Å². The van der Waals surface area contributed by atoms with Crippen LogP contribution in [0.5, 0.6) is 0 Å². The van der Waals surface area contributed by atoms with Crippen molar-refractivity contribution in [3.05, 3.63) is 70.8 Å². The molecule has 0 fully saturated rings. The number of hydrogen-bond acceptors (Lipinski definition) is 7. The molecule has 4 N–H and O–H groups in total. The maximum atomic E-state index is 11.9. The number of aldehydes is 1. The van der Waals surface area contributed by atoms with E-state index in [1.54, 1.807) is 19.9 Å². The number of carbonyl (C=O) groups excluding carboxylic acids is 2. The molecule has 9 heteroatoms. The zero-order chi connectivity index (χ0) is 26.5. The lowest BCUT2D eigenvalue weighted by Crippen LogP contribution is -2.32. The van der Waals surface area contributed by atoms with Crippen molar-refractivity contribution in [2.75, 3.05) is 18.4 Å². The fourth-order valence-electron chi connectivity index (χ4n) is 3.28. The quantitative estimate of drug-likeness (QED) is 0.171. The maximum Gasteiger partial charge on any atom is 0.255 e. The summed E-state index contributed by atoms with van der Waals surface area (Å²) in [5, 5.41) is 9.22. The van der Waals surface area contributed by atoms with Crippen LogP contribution in [-0.4, -0.2) is 47.0 Å². The molecule has 0 aliphatic heterocycles. The molecule has 1 aromatic heterocycles. The van der Waals surface area contributed by atoms with E-state index in [2.05, 4.69) is 51.0 Å². The third-order valence-electron chi connectivity index (χ3n) is 5.49. The van der Waals surface area contributed by atoms with Crippen LogP contribution in [0.2, 0.25) is 0 Å². The molecular weight excluding hydrogens is 456 g/mol. The standard InChI is InChI=1S/C27H36N6O3/c1-6-8-15-28-25(35)14-13-24(17-34)30-19(4)21-9-11-23(12-10-21)29-16-22(7-2)33-26-18(3)27(36)32-20(5)31-26/h7,9-12,17,24,29-30H,2,4,6,8,13-16H2,1,3,5H3,(H,28,35)(H,31,32,36)/b33-22+. The number of aliphatic imine (C=N–C) groups is 1. The van der Waals surface area contributed by atoms with Gasteiger partial charge in [0.15, 0.2) is 5.82 Å². The van der Waals surface area contributed by atoms with Crippen LogP contribution in [-0.2, 0) is 9.59 Å². The van der Waals surface area contributed by atoms with Gasteiger partial charge in [0.25, 0.3) is 5.56 Å². The van der Waals surface area contributed by atoms with Crippen LogP contribution in [0.1, 0.15) is 49.6 Å². The summed E-state index contributed by atoms with van der Waals surface area (Å²) >= 11 is 0. The number of carbonyl (C=O) groups is 2. The number of aromatic amines is 1. The van der Waals surface area contributed by atoms with Gasteiger partial charge in [-0.1, -0.05) is 38.6 Å². The number of nitrogens with one attached hydrogen (secondary N) is 4. The molecule has 1 amide bonds. The summed E-state index contributed by atoms with van der Waals surface area (Å²) in [4.78, 5) is 46.7. The van der Waals surface area contributed by atoms with Gasteiger partial charge in [0.1, 0.15) is 12.1 Å². The Kier molecular flexibility index (Phi) is 11.3. The molecule has 0 aliphatic carbocycles. The number of unbranched alkanes of at least 4 members (excludes halogenated alkanes) is 1. The zero-order valence-electron chi connectivity index (χ0n) is 21.3. The van der Waals surface area contributed by atoms with E-state index >= 15 is 0 Å². The van der Waals surface area contributed by atoms with Gasteiger partial charge < -0.3 is 25.7 Å². The second-order valence-electron chi connectivity index (χ2n) is 8.45. The molecule has 1 unspecified atom stereocenters. The minimum Gasteiger partial charge on any atom is -0.379 e. The van der Waals surface area contributed by atoms with E-state index in [1.807, 2.05) is 24.3 Å². The van der Waals surface area contributed by atoms with Gasteiger partial charge in [-0.15, -0.1) is 0 Å². The van der Waals surface area contributed by atoms with Crippen molar-refractivity contribution >= 4 is 35.1 Å². The number of rotatable bonds is 15. The van der Waals surface area contributed by atoms with Crippen LogP contribution in [0.3, 0.4) is 0 Å². The molecule has 0 spiro atoms. The summed E-state index contributed by atoms with van der Waals surface area (Å²) in [5.41, 5.74) is 3.15. The van der Waals surface area contributed by atoms with Gasteiger partial charge in [0.2, 0.25) is 5.91 Å². The fraction of sp³-hybridized carbons (Fsp3) is 0.370. The van der Waals surface area contributed by atoms with E-state index in [0.717, 1.165) is 30.4 Å². The van der Waals surface area contributed by atoms with Crippen molar-refractivity contribution in [2.45, 2.75) is 52.5 Å². The minimum absolute atomic E-state index is 0.0549. The molecule has 0 aliphatic rings. The highest BCUT2D eigenvalue weighted by atomic mass is 16.1. The lowest BCUT2D eigenvalue weighted by atomic mass is 10.1. The fourth-order valence-corrected chi connectivity index (χ4v) is 3.28. The smallest absolute Gasteiger partial charge is 0.255 e. The number of anilines is 1. The second-order valence-corrected chi connectivity index (χ2v) is 8.45. The second kappa shape index (κ2) is 14.4. The van der Waals surface area contributed by atoms with E-state index in [-0.39, 0.29) is 17.9 Å². The minimum atomic E-state index is -0.496. The lowest BCUT2D eigenvalue weighted by Gasteiger charge is -2.17. The third kappa shape index (κ3) is 8.98. The third-order valence-corrected chi connectivity index (χ3v) is 5.49. The highest BCUT2D eigenvalue weighted by molar-refractivity contribution is 5.99. The summed E-state index contributed by atoms with van der Waals surface area (Å²) in [5.74, 6) is 0.812. The van der Waals surface area contributed by atoms with Crippen LogP contribution >= 0.6 is 0 Å². The lowest BCUT2D eigenvalue weighted by molar-refractivity contribution is -0.121. The van der Waals surface area contributed by atoms with Crippen LogP contribution in [0.25, 0.3) is 5.70 Å². The van der Waals surface area contributed by atoms with Gasteiger partial charge in [-0.2, -0.15) is 0 Å². The van der Waals surface area contributed by atoms with E-state index in [4.69, 9.17) is 0 Å². The Balaban J connectivity index is 1.92. The van der Waals surface area contributed by atoms with Gasteiger partial charge in [-0.05, 0) is 50.5 Å². The van der Waals surface area contributed by atoms with Crippen molar-refractivity contribution in [1.82, 2.24) is 20.6 Å². The van der Waals surface area contributed by atoms with E-state index < -0.39 is 6.04 Å². The van der Waals surface area contributed by atoms with Gasteiger partial charge in [0, 0.05) is 24.4 Å². The first kappa shape index (κ1) is 28.2. The molecule has 0 radical (unpaired) electrons. The Hall–Kier alpha value is -4.01. The topological polar surface area (TPSA) is 128 Å². The van der Waals surface area contributed by atoms with E-state index in [9.17, 15) is 14.4 Å². The van der Waals surface area contributed by atoms with Crippen molar-refractivity contribution in [3.8, 4) is 0 Å². The number of H-pyrrole nitrogens is 1. The molecule has 2 aromatic rings. The summed E-state index contributed by atoms with van der Waals surface area (Å²) in [7, 11) is 0. The monoisotopic (exact) mass is 492 g/mol. The van der Waals surface area contributed by atoms with Crippen molar-refractivity contribution in [1.29, 1.82) is 0 Å². The number of benzene rings is 1. The van der Waals surface area contributed by atoms with Gasteiger partial charge >= 0.3 is 0 Å². The predicted octanol–water partition coefficient (Wildman–Crippen LogP) is 3.58. The molecule has 0 saturated heterocycles. The van der Waals surface area contributed by atoms with Crippen molar-refractivity contribution in [2.24, 2.45) is 4.99 Å². The number of aromatic nitrogens is 2. The SMILES string of the molecule is C=C/C(CNc1ccc(C(=C)NC(C=O)CCC(=O)NCCCC)cc1)=N\c1nc(C)[nH]c(=O)c1C. The van der Waals surface area contributed by atoms with Crippen LogP contribution in [0.15, 0.2) is 53.3 Å². The average Bonchev–Trinajstić information content (AvgIpc) is 2.87. The Morgan fingerprint density at radius 3 is 2.61 bits per heavy atom. The predicted molar refractivity (Wildman–Crippen MR) is 146 cm³/mol. The molecule has 0 bridgehead atoms. The molecule has 1 atom stereocenters. The van der Waals surface area contributed by atoms with Crippen molar-refractivity contribution in [3.63, 3.8) is 0 Å². The molecule has 1 aromatic carbocycles.